The van der Waals surface area contributed by atoms with Crippen molar-refractivity contribution in [2.45, 2.75) is 42.9 Å². The minimum absolute atomic E-state index is 0. The van der Waals surface area contributed by atoms with Crippen molar-refractivity contribution in [1.82, 2.24) is 0 Å². The zero-order valence-corrected chi connectivity index (χ0v) is 18.7. The topological polar surface area (TPSA) is 282 Å². The molecule has 0 spiro atoms. The third-order valence-corrected chi connectivity index (χ3v) is 2.75. The van der Waals surface area contributed by atoms with Crippen LogP contribution in [-0.2, 0) is 19.2 Å². The quantitative estimate of drug-likeness (QED) is 0.164. The van der Waals surface area contributed by atoms with E-state index < -0.39 is 73.3 Å². The molecule has 0 aliphatic heterocycles. The van der Waals surface area contributed by atoms with E-state index in [1.165, 1.54) is 0 Å². The van der Waals surface area contributed by atoms with Gasteiger partial charge in [-0.05, 0) is 0 Å². The van der Waals surface area contributed by atoms with Gasteiger partial charge in [-0.3, -0.25) is 0 Å². The molecule has 0 saturated heterocycles. The van der Waals surface area contributed by atoms with Gasteiger partial charge in [0, 0.05) is 24.8 Å². The molecule has 0 radical (unpaired) electrons. The first-order chi connectivity index (χ1) is 11.7. The first-order valence-electron chi connectivity index (χ1n) is 6.57. The Morgan fingerprint density at radius 1 is 0.786 bits per heavy atom. The number of aliphatic carboxylic acids is 4. The van der Waals surface area contributed by atoms with Crippen molar-refractivity contribution in [2.24, 2.45) is 0 Å². The predicted molar refractivity (Wildman–Crippen MR) is 76.8 cm³/mol. The van der Waals surface area contributed by atoms with Crippen LogP contribution in [0.25, 0.3) is 0 Å². The van der Waals surface area contributed by atoms with Crippen LogP contribution in [0, 0.1) is 0 Å². The molecule has 14 nitrogen and oxygen atoms in total. The number of carbonyl (C=O) groups excluding carboxylic acids is 4. The summed E-state index contributed by atoms with van der Waals surface area (Å²) in [6.07, 6.45) is -10.8. The van der Waals surface area contributed by atoms with E-state index >= 15 is 0 Å². The largest absolute Gasteiger partial charge is 2.00 e. The first kappa shape index (κ1) is 35.6. The van der Waals surface area contributed by atoms with E-state index in [0.29, 0.717) is 0 Å². The van der Waals surface area contributed by atoms with Gasteiger partial charge < -0.3 is 70.2 Å². The molecule has 0 aromatic heterocycles. The van der Waals surface area contributed by atoms with Crippen LogP contribution in [0.4, 0.5) is 0 Å². The van der Waals surface area contributed by atoms with E-state index in [-0.39, 0.29) is 75.5 Å². The van der Waals surface area contributed by atoms with Gasteiger partial charge >= 0.3 is 75.5 Å². The fraction of sp³-hybridized carbons (Fsp3) is 0.667. The Kier molecular flexibility index (Phi) is 21.5. The summed E-state index contributed by atoms with van der Waals surface area (Å²) in [7, 11) is 0. The van der Waals surface area contributed by atoms with Crippen LogP contribution in [-0.4, -0.2) is 167 Å². The second kappa shape index (κ2) is 16.9. The second-order valence-corrected chi connectivity index (χ2v) is 4.91. The number of aliphatic hydroxyl groups is 6. The van der Waals surface area contributed by atoms with E-state index in [4.69, 9.17) is 30.6 Å². The summed E-state index contributed by atoms with van der Waals surface area (Å²) in [5.41, 5.74) is -2.97. The molecule has 16 heteroatoms. The summed E-state index contributed by atoms with van der Waals surface area (Å²) >= 11 is 0. The molecule has 0 aromatic carbocycles. The summed E-state index contributed by atoms with van der Waals surface area (Å²) in [4.78, 5) is 40.0. The minimum atomic E-state index is -2.97. The Morgan fingerprint density at radius 3 is 1.36 bits per heavy atom. The van der Waals surface area contributed by atoms with Crippen LogP contribution in [0.5, 0.6) is 0 Å². The van der Waals surface area contributed by atoms with E-state index in [2.05, 4.69) is 0 Å². The van der Waals surface area contributed by atoms with Crippen LogP contribution in [0.15, 0.2) is 0 Å². The van der Waals surface area contributed by atoms with Crippen LogP contribution in [0.1, 0.15) is 12.8 Å². The maximum atomic E-state index is 10.1. The van der Waals surface area contributed by atoms with Gasteiger partial charge in [0.1, 0.15) is 30.0 Å². The van der Waals surface area contributed by atoms with Crippen molar-refractivity contribution < 1.29 is 70.2 Å². The number of carbonyl (C=O) groups is 4. The summed E-state index contributed by atoms with van der Waals surface area (Å²) < 4.78 is 0. The summed E-state index contributed by atoms with van der Waals surface area (Å²) in [6, 6.07) is 0. The molecule has 4 atom stereocenters. The maximum absolute atomic E-state index is 10.1. The first-order valence-corrected chi connectivity index (χ1v) is 6.57. The predicted octanol–water partition coefficient (Wildman–Crippen LogP) is -10.8. The van der Waals surface area contributed by atoms with Gasteiger partial charge in [0.05, 0.1) is 18.5 Å². The van der Waals surface area contributed by atoms with Crippen LogP contribution in [0.3, 0.4) is 0 Å². The number of hydrogen-bond acceptors (Lipinski definition) is 14. The smallest absolute Gasteiger partial charge is 0.550 e. The van der Waals surface area contributed by atoms with E-state index in [9.17, 15) is 39.6 Å². The SMILES string of the molecule is O=C([O-])CC(O)(CC(=O)[O-])C(=O)[O-].O=C([O-])[C@H](O)[C@@H](O)[C@H](O)[C@H](O)CO.[Ca+2].[Ca+2]. The average molecular weight is 464 g/mol. The Labute approximate surface area is 217 Å². The van der Waals surface area contributed by atoms with Gasteiger partial charge in [0.15, 0.2) is 0 Å². The third kappa shape index (κ3) is 14.2. The van der Waals surface area contributed by atoms with E-state index in [1.54, 1.807) is 0 Å². The molecule has 0 amide bonds. The molecule has 6 N–H and O–H groups in total. The molecular weight excluding hydrogens is 448 g/mol. The zero-order valence-electron chi connectivity index (χ0n) is 14.3. The van der Waals surface area contributed by atoms with Gasteiger partial charge in [-0.15, -0.1) is 0 Å². The van der Waals surface area contributed by atoms with Gasteiger partial charge in [-0.25, -0.2) is 0 Å². The van der Waals surface area contributed by atoms with Gasteiger partial charge in [-0.1, -0.05) is 0 Å². The van der Waals surface area contributed by atoms with Gasteiger partial charge in [0.2, 0.25) is 0 Å². The number of carboxylic acids is 4. The summed E-state index contributed by atoms with van der Waals surface area (Å²) in [5.74, 6) is -7.96. The number of aliphatic hydroxyl groups excluding tert-OH is 5. The Hall–Kier alpha value is 0.159. The zero-order chi connectivity index (χ0) is 21.2. The van der Waals surface area contributed by atoms with Gasteiger partial charge in [0.25, 0.3) is 0 Å². The number of hydrogen-bond donors (Lipinski definition) is 6. The molecule has 0 aliphatic rings. The molecular formula is C12H16Ca2O14. The molecule has 0 saturated carbocycles. The van der Waals surface area contributed by atoms with E-state index in [0.717, 1.165) is 0 Å². The monoisotopic (exact) mass is 464 g/mol. The minimum Gasteiger partial charge on any atom is -0.550 e. The second-order valence-electron chi connectivity index (χ2n) is 4.91. The van der Waals surface area contributed by atoms with E-state index in [1.807, 2.05) is 0 Å². The van der Waals surface area contributed by atoms with Gasteiger partial charge in [-0.2, -0.15) is 0 Å². The fourth-order valence-electron chi connectivity index (χ4n) is 1.35. The maximum Gasteiger partial charge on any atom is 2.00 e. The summed E-state index contributed by atoms with van der Waals surface area (Å²) in [5, 5.41) is 92.4. The van der Waals surface area contributed by atoms with Crippen molar-refractivity contribution in [3.8, 4) is 0 Å². The molecule has 152 valence electrons. The molecule has 0 heterocycles. The van der Waals surface area contributed by atoms with Crippen molar-refractivity contribution in [1.29, 1.82) is 0 Å². The third-order valence-electron chi connectivity index (χ3n) is 2.75. The Bertz CT molecular complexity index is 497. The normalized spacial score (nSPS) is 14.5. The van der Waals surface area contributed by atoms with Crippen molar-refractivity contribution in [3.05, 3.63) is 0 Å². The molecule has 0 aliphatic carbocycles. The van der Waals surface area contributed by atoms with Crippen LogP contribution < -0.4 is 20.4 Å². The fourth-order valence-corrected chi connectivity index (χ4v) is 1.35. The molecule has 0 aromatic rings. The number of carboxylic acid groups (broad SMARTS) is 4. The van der Waals surface area contributed by atoms with Crippen LogP contribution in [0.2, 0.25) is 0 Å². The summed E-state index contributed by atoms with van der Waals surface area (Å²) in [6.45, 7) is -0.863. The number of rotatable bonds is 10. The van der Waals surface area contributed by atoms with Crippen molar-refractivity contribution >= 4 is 99.4 Å². The Balaban J connectivity index is -0.000000192. The standard InChI is InChI=1S/C6H8O7.C6H12O7.2Ca/c7-3(8)1-6(13,5(11)12)2-4(9)10;7-1-2(8)3(9)4(10)5(11)6(12)13;;/h13H,1-2H2,(H,7,8)(H,9,10)(H,11,12);2-5,7-11H,1H2,(H,12,13);;/q;;2*+2/p-4/t;2-,3-,4+,5-;;/m.1../s1. The Morgan fingerprint density at radius 2 is 1.14 bits per heavy atom. The molecule has 0 fully saturated rings. The molecule has 0 unspecified atom stereocenters. The van der Waals surface area contributed by atoms with Crippen molar-refractivity contribution in [2.75, 3.05) is 6.61 Å². The van der Waals surface area contributed by atoms with Crippen molar-refractivity contribution in [3.63, 3.8) is 0 Å². The molecule has 28 heavy (non-hydrogen) atoms. The molecule has 0 bridgehead atoms. The molecule has 0 rings (SSSR count). The average Bonchev–Trinajstić information content (AvgIpc) is 2.50. The van der Waals surface area contributed by atoms with Crippen LogP contribution >= 0.6 is 0 Å².